The van der Waals surface area contributed by atoms with Gasteiger partial charge in [-0.05, 0) is 74.8 Å². The monoisotopic (exact) mass is 922 g/mol. The topological polar surface area (TPSA) is 365 Å². The van der Waals surface area contributed by atoms with Crippen molar-refractivity contribution in [2.45, 2.75) is 136 Å². The number of Topliss-reactive ketones (excluding diaryl/α,β-unsaturated/α-hetero) is 1. The van der Waals surface area contributed by atoms with E-state index in [0.29, 0.717) is 0 Å². The quantitative estimate of drug-likeness (QED) is 0.0764. The van der Waals surface area contributed by atoms with E-state index in [0.717, 1.165) is 6.92 Å². The first-order valence-corrected chi connectivity index (χ1v) is 21.2. The molecule has 8 bridgehead atoms. The van der Waals surface area contributed by atoms with Crippen molar-refractivity contribution in [2.75, 3.05) is 0 Å². The molecule has 0 aromatic heterocycles. The Balaban J connectivity index is 2.05. The molecule has 9 N–H and O–H groups in total. The number of carbonyl (C=O) groups is 9. The zero-order chi connectivity index (χ0) is 49.5. The number of carbonyl (C=O) groups excluding carboxylic acids is 1. The van der Waals surface area contributed by atoms with Crippen LogP contribution in [0.1, 0.15) is 125 Å². The van der Waals surface area contributed by atoms with Crippen LogP contribution in [0, 0.1) is 22.2 Å². The number of carboxylic acid groups (broad SMARTS) is 8. The molecule has 0 saturated carbocycles. The van der Waals surface area contributed by atoms with Gasteiger partial charge in [0, 0.05) is 83.5 Å². The molecule has 0 amide bonds. The van der Waals surface area contributed by atoms with E-state index in [2.05, 4.69) is 5.32 Å². The number of fused-ring (bicyclic) bond motifs is 6. The summed E-state index contributed by atoms with van der Waals surface area (Å²) >= 11 is 0. The minimum Gasteiger partial charge on any atom is -0.481 e. The van der Waals surface area contributed by atoms with Gasteiger partial charge in [-0.1, -0.05) is 13.8 Å². The Morgan fingerprint density at radius 3 is 1.74 bits per heavy atom. The van der Waals surface area contributed by atoms with Crippen LogP contribution in [0.15, 0.2) is 60.4 Å². The fourth-order valence-corrected chi connectivity index (χ4v) is 11.0. The average molecular weight is 923 g/mol. The minimum atomic E-state index is -2.33. The Labute approximate surface area is 377 Å². The first-order chi connectivity index (χ1) is 30.5. The van der Waals surface area contributed by atoms with Crippen molar-refractivity contribution in [1.29, 1.82) is 0 Å². The van der Waals surface area contributed by atoms with Crippen molar-refractivity contribution in [3.05, 3.63) is 45.5 Å². The lowest BCUT2D eigenvalue weighted by Gasteiger charge is -2.44. The molecule has 5 rings (SSSR count). The number of hydrogen-bond donors (Lipinski definition) is 9. The molecule has 6 atom stereocenters. The molecule has 5 aliphatic rings. The van der Waals surface area contributed by atoms with Gasteiger partial charge < -0.3 is 46.2 Å². The third-order valence-corrected chi connectivity index (χ3v) is 14.1. The largest absolute Gasteiger partial charge is 0.481 e. The van der Waals surface area contributed by atoms with Crippen LogP contribution in [0.3, 0.4) is 0 Å². The van der Waals surface area contributed by atoms with Crippen molar-refractivity contribution in [2.24, 2.45) is 37.1 Å². The summed E-state index contributed by atoms with van der Waals surface area (Å²) < 4.78 is 0. The summed E-state index contributed by atoms with van der Waals surface area (Å²) in [5.74, 6) is -12.7. The molecule has 0 radical (unpaired) electrons. The number of allylic oxidation sites excluding steroid dienone is 4. The summed E-state index contributed by atoms with van der Waals surface area (Å²) in [6.07, 6.45) is -5.82. The maximum Gasteiger partial charge on any atom is 0.307 e. The number of aliphatic carboxylic acids is 8. The zero-order valence-corrected chi connectivity index (χ0v) is 37.1. The summed E-state index contributed by atoms with van der Waals surface area (Å²) in [6.45, 7) is 7.08. The predicted molar refractivity (Wildman–Crippen MR) is 230 cm³/mol. The first-order valence-electron chi connectivity index (χ1n) is 21.2. The van der Waals surface area contributed by atoms with Gasteiger partial charge in [-0.2, -0.15) is 0 Å². The van der Waals surface area contributed by atoms with Crippen molar-refractivity contribution < 1.29 is 84.0 Å². The van der Waals surface area contributed by atoms with Gasteiger partial charge in [-0.3, -0.25) is 58.1 Å². The van der Waals surface area contributed by atoms with E-state index in [-0.39, 0.29) is 95.0 Å². The van der Waals surface area contributed by atoms with Crippen LogP contribution in [0.2, 0.25) is 0 Å². The summed E-state index contributed by atoms with van der Waals surface area (Å²) in [5.41, 5.74) is -8.74. The predicted octanol–water partition coefficient (Wildman–Crippen LogP) is 4.52. The number of rotatable bonds is 21. The van der Waals surface area contributed by atoms with E-state index in [9.17, 15) is 84.0 Å². The Morgan fingerprint density at radius 2 is 1.21 bits per heavy atom. The molecule has 1 fully saturated rings. The number of aliphatic imine (C=N–C) groups is 3. The molecular formula is C45H54N4O17. The highest BCUT2D eigenvalue weighted by Gasteiger charge is 2.67. The van der Waals surface area contributed by atoms with E-state index in [4.69, 9.17) is 15.0 Å². The standard InChI is InChI=1S/C45H54N4O17/c1-21(50)45-40-26(15-37(61)62)41(2,13-12-35(57)58)30(47-40)16-27-22(6-9-32(51)52)25(14-36(59)60)44(5,48-27)18-29-23(7-10-33(53)54)42(3,19-38(63)64)31(46-29)17-28(49-45)24(8-11-34(55)56)43(45,4)20-39(65)66/h17,24,49H,6-16,18-20H2,1-5H3,(H,51,52)(H,53,54)(H,55,56)(H,57,58)(H,59,60)(H,61,62)(H,63,64)(H,65,66)/b28-17-/t24-,41-,42+,43+,44+,45?/m1/s1. The molecule has 1 unspecified atom stereocenters. The molecule has 0 aromatic rings. The average Bonchev–Trinajstić information content (AvgIpc) is 3.75. The molecule has 21 nitrogen and oxygen atoms in total. The number of carboxylic acids is 8. The molecule has 21 heteroatoms. The molecular weight excluding hydrogens is 869 g/mol. The second kappa shape index (κ2) is 18.2. The van der Waals surface area contributed by atoms with Crippen LogP contribution < -0.4 is 5.32 Å². The fourth-order valence-electron chi connectivity index (χ4n) is 11.0. The van der Waals surface area contributed by atoms with Gasteiger partial charge in [0.05, 0.1) is 42.6 Å². The van der Waals surface area contributed by atoms with Gasteiger partial charge >= 0.3 is 47.8 Å². The number of ketones is 1. The van der Waals surface area contributed by atoms with Crippen LogP contribution in [0.5, 0.6) is 0 Å². The maximum atomic E-state index is 14.8. The summed E-state index contributed by atoms with van der Waals surface area (Å²) in [6, 6.07) is 0. The van der Waals surface area contributed by atoms with E-state index in [1.165, 1.54) is 26.8 Å². The third-order valence-electron chi connectivity index (χ3n) is 14.1. The number of hydrogen-bond acceptors (Lipinski definition) is 13. The van der Waals surface area contributed by atoms with Crippen LogP contribution in [-0.2, 0) is 43.2 Å². The summed E-state index contributed by atoms with van der Waals surface area (Å²) in [7, 11) is 0. The van der Waals surface area contributed by atoms with Gasteiger partial charge in [0.15, 0.2) is 5.78 Å². The highest BCUT2D eigenvalue weighted by Crippen LogP contribution is 2.61. The summed E-state index contributed by atoms with van der Waals surface area (Å²) in [4.78, 5) is 130. The fraction of sp³-hybridized carbons (Fsp3) is 0.556. The zero-order valence-electron chi connectivity index (χ0n) is 37.1. The van der Waals surface area contributed by atoms with Crippen molar-refractivity contribution in [3.63, 3.8) is 0 Å². The minimum absolute atomic E-state index is 0.00606. The van der Waals surface area contributed by atoms with Gasteiger partial charge in [-0.25, -0.2) is 0 Å². The summed E-state index contributed by atoms with van der Waals surface area (Å²) in [5, 5.41) is 84.8. The van der Waals surface area contributed by atoms with Crippen LogP contribution in [0.25, 0.3) is 0 Å². The molecule has 5 heterocycles. The van der Waals surface area contributed by atoms with E-state index < -0.39 is 138 Å². The lowest BCUT2D eigenvalue weighted by molar-refractivity contribution is -0.143. The smallest absolute Gasteiger partial charge is 0.307 e. The third kappa shape index (κ3) is 9.19. The van der Waals surface area contributed by atoms with Crippen molar-refractivity contribution in [3.8, 4) is 0 Å². The van der Waals surface area contributed by atoms with E-state index >= 15 is 0 Å². The molecule has 1 saturated heterocycles. The molecule has 356 valence electrons. The normalized spacial score (nSPS) is 29.7. The van der Waals surface area contributed by atoms with E-state index in [1.807, 2.05) is 0 Å². The second-order valence-electron chi connectivity index (χ2n) is 18.5. The Bertz CT molecular complexity index is 2460. The van der Waals surface area contributed by atoms with E-state index in [1.54, 1.807) is 6.92 Å². The van der Waals surface area contributed by atoms with Gasteiger partial charge in [-0.15, -0.1) is 0 Å². The number of nitrogens with zero attached hydrogens (tertiary/aromatic N) is 3. The highest BCUT2D eigenvalue weighted by molar-refractivity contribution is 6.18. The Morgan fingerprint density at radius 1 is 0.652 bits per heavy atom. The van der Waals surface area contributed by atoms with Gasteiger partial charge in [0.2, 0.25) is 0 Å². The molecule has 0 aromatic carbocycles. The molecule has 0 spiro atoms. The van der Waals surface area contributed by atoms with Crippen LogP contribution >= 0.6 is 0 Å². The van der Waals surface area contributed by atoms with Crippen molar-refractivity contribution in [1.82, 2.24) is 5.32 Å². The van der Waals surface area contributed by atoms with Gasteiger partial charge in [0.1, 0.15) is 5.54 Å². The highest BCUT2D eigenvalue weighted by atomic mass is 16.4. The second-order valence-corrected chi connectivity index (χ2v) is 18.5. The molecule has 0 aliphatic carbocycles. The number of nitrogens with one attached hydrogen (secondary N) is 1. The molecule has 5 aliphatic heterocycles. The lowest BCUT2D eigenvalue weighted by Crippen LogP contribution is -2.59. The Kier molecular flexibility index (Phi) is 13.9. The maximum absolute atomic E-state index is 14.8. The first kappa shape index (κ1) is 50.2. The van der Waals surface area contributed by atoms with Crippen LogP contribution in [0.4, 0.5) is 0 Å². The van der Waals surface area contributed by atoms with Crippen LogP contribution in [-0.4, -0.2) is 123 Å². The Hall–Kier alpha value is -6.80. The van der Waals surface area contributed by atoms with Gasteiger partial charge in [0.25, 0.3) is 0 Å². The SMILES string of the molecule is CC(=O)C12N/C(=C\C3=NC(=C(CCC(=O)O)[C@]3(C)CC(=O)O)C[C@]3(C)N=C(CC4=NC1=C(CC(=O)O)[C@@]4(C)CCC(=O)O)C(CCC(=O)O)=C3CC(=O)O)[C@@H](CCC(=O)O)[C@]2(C)CC(=O)O. The lowest BCUT2D eigenvalue weighted by atomic mass is 9.59. The molecule has 66 heavy (non-hydrogen) atoms. The van der Waals surface area contributed by atoms with Crippen molar-refractivity contribution >= 4 is 70.7 Å².